The van der Waals surface area contributed by atoms with Crippen LogP contribution in [0.5, 0.6) is 0 Å². The third-order valence-electron chi connectivity index (χ3n) is 1.33. The maximum absolute atomic E-state index is 11.7. The number of halogens is 2. The van der Waals surface area contributed by atoms with Gasteiger partial charge in [-0.2, -0.15) is 0 Å². The van der Waals surface area contributed by atoms with Gasteiger partial charge in [0.2, 0.25) is 10.0 Å². The molecule has 0 aliphatic heterocycles. The fraction of sp³-hybridized carbons (Fsp3) is 1.00. The molecule has 0 spiro atoms. The van der Waals surface area contributed by atoms with Gasteiger partial charge in [-0.3, -0.25) is 0 Å². The van der Waals surface area contributed by atoms with Gasteiger partial charge in [-0.15, -0.1) is 0 Å². The number of ether oxygens (including phenoxy) is 1. The van der Waals surface area contributed by atoms with Crippen molar-refractivity contribution >= 4 is 10.0 Å². The lowest BCUT2D eigenvalue weighted by Crippen LogP contribution is -2.33. The van der Waals surface area contributed by atoms with Crippen LogP contribution in [0.2, 0.25) is 0 Å². The van der Waals surface area contributed by atoms with Gasteiger partial charge in [0.15, 0.2) is 0 Å². The minimum Gasteiger partial charge on any atom is -0.375 e. The van der Waals surface area contributed by atoms with E-state index in [1.54, 1.807) is 13.8 Å². The lowest BCUT2D eigenvalue weighted by atomic mass is 9.98. The fourth-order valence-corrected chi connectivity index (χ4v) is 2.18. The molecule has 0 rings (SSSR count). The van der Waals surface area contributed by atoms with Crippen LogP contribution in [0.15, 0.2) is 0 Å². The van der Waals surface area contributed by atoms with Crippen molar-refractivity contribution in [2.45, 2.75) is 20.3 Å². The molecule has 0 amide bonds. The molecule has 7 heteroatoms. The zero-order valence-electron chi connectivity index (χ0n) is 8.16. The van der Waals surface area contributed by atoms with Crippen LogP contribution in [0, 0.1) is 5.41 Å². The van der Waals surface area contributed by atoms with Crippen LogP contribution >= 0.6 is 0 Å². The number of nitrogens with two attached hydrogens (primary N) is 1. The summed E-state index contributed by atoms with van der Waals surface area (Å²) in [6, 6.07) is 0. The van der Waals surface area contributed by atoms with Crippen LogP contribution in [-0.2, 0) is 14.8 Å². The van der Waals surface area contributed by atoms with E-state index < -0.39 is 28.5 Å². The third-order valence-corrected chi connectivity index (χ3v) is 2.51. The molecule has 14 heavy (non-hydrogen) atoms. The van der Waals surface area contributed by atoms with Crippen molar-refractivity contribution in [3.8, 4) is 0 Å². The molecule has 2 N–H and O–H groups in total. The van der Waals surface area contributed by atoms with E-state index in [0.29, 0.717) is 0 Å². The normalized spacial score (nSPS) is 13.6. The van der Waals surface area contributed by atoms with Crippen LogP contribution in [-0.4, -0.2) is 33.8 Å². The summed E-state index contributed by atoms with van der Waals surface area (Å²) in [4.78, 5) is 0. The Morgan fingerprint density at radius 3 is 2.29 bits per heavy atom. The topological polar surface area (TPSA) is 69.4 Å². The number of sulfonamides is 1. The number of primary sulfonamides is 1. The lowest BCUT2D eigenvalue weighted by molar-refractivity contribution is -0.00783. The number of rotatable bonds is 6. The van der Waals surface area contributed by atoms with Crippen molar-refractivity contribution in [2.24, 2.45) is 10.6 Å². The summed E-state index contributed by atoms with van der Waals surface area (Å²) in [7, 11) is -3.60. The Morgan fingerprint density at radius 1 is 1.43 bits per heavy atom. The highest BCUT2D eigenvalue weighted by atomic mass is 32.2. The minimum atomic E-state index is -3.60. The molecule has 0 atom stereocenters. The van der Waals surface area contributed by atoms with E-state index in [0.717, 1.165) is 0 Å². The molecule has 0 aromatic rings. The SMILES string of the molecule is CC(C)(COCC(F)F)CS(N)(=O)=O. The van der Waals surface area contributed by atoms with Crippen LogP contribution in [0.3, 0.4) is 0 Å². The Labute approximate surface area is 82.5 Å². The number of hydrogen-bond acceptors (Lipinski definition) is 3. The second-order valence-corrected chi connectivity index (χ2v) is 5.49. The molecule has 0 radical (unpaired) electrons. The van der Waals surface area contributed by atoms with E-state index in [-0.39, 0.29) is 12.4 Å². The fourth-order valence-electron chi connectivity index (χ4n) is 1.01. The largest absolute Gasteiger partial charge is 0.375 e. The molecule has 0 heterocycles. The van der Waals surface area contributed by atoms with Gasteiger partial charge >= 0.3 is 0 Å². The summed E-state index contributed by atoms with van der Waals surface area (Å²) < 4.78 is 49.4. The first-order chi connectivity index (χ1) is 6.12. The number of alkyl halides is 2. The standard InChI is InChI=1S/C7H15F2NO3S/c1-7(2,5-14(10,11)12)4-13-3-6(8)9/h6H,3-5H2,1-2H3,(H2,10,11,12). The Kier molecular flexibility index (Phi) is 4.90. The molecule has 86 valence electrons. The van der Waals surface area contributed by atoms with Crippen LogP contribution < -0.4 is 5.14 Å². The number of hydrogen-bond donors (Lipinski definition) is 1. The smallest absolute Gasteiger partial charge is 0.261 e. The summed E-state index contributed by atoms with van der Waals surface area (Å²) in [6.45, 7) is 2.42. The predicted molar refractivity (Wildman–Crippen MR) is 48.6 cm³/mol. The Balaban J connectivity index is 3.96. The molecule has 0 unspecified atom stereocenters. The predicted octanol–water partition coefficient (Wildman–Crippen LogP) is 0.583. The highest BCUT2D eigenvalue weighted by Gasteiger charge is 2.24. The van der Waals surface area contributed by atoms with Crippen LogP contribution in [0.4, 0.5) is 8.78 Å². The van der Waals surface area contributed by atoms with Gasteiger partial charge in [0, 0.05) is 5.41 Å². The molecule has 0 aromatic carbocycles. The van der Waals surface area contributed by atoms with Gasteiger partial charge in [-0.25, -0.2) is 22.3 Å². The van der Waals surface area contributed by atoms with Crippen molar-refractivity contribution in [3.63, 3.8) is 0 Å². The monoisotopic (exact) mass is 231 g/mol. The first-order valence-corrected chi connectivity index (χ1v) is 5.70. The molecule has 0 aromatic heterocycles. The highest BCUT2D eigenvalue weighted by molar-refractivity contribution is 7.89. The van der Waals surface area contributed by atoms with Crippen molar-refractivity contribution in [1.29, 1.82) is 0 Å². The van der Waals surface area contributed by atoms with E-state index in [2.05, 4.69) is 4.74 Å². The van der Waals surface area contributed by atoms with E-state index in [1.807, 2.05) is 0 Å². The molecule has 0 bridgehead atoms. The molecule has 0 aliphatic carbocycles. The van der Waals surface area contributed by atoms with Crippen molar-refractivity contribution in [2.75, 3.05) is 19.0 Å². The maximum atomic E-state index is 11.7. The summed E-state index contributed by atoms with van der Waals surface area (Å²) in [6.07, 6.45) is -2.54. The second-order valence-electron chi connectivity index (χ2n) is 3.88. The van der Waals surface area contributed by atoms with Gasteiger partial charge in [0.25, 0.3) is 6.43 Å². The molecule has 0 saturated heterocycles. The quantitative estimate of drug-likeness (QED) is 0.727. The molecule has 0 fully saturated rings. The average molecular weight is 231 g/mol. The highest BCUT2D eigenvalue weighted by Crippen LogP contribution is 2.17. The second kappa shape index (κ2) is 4.99. The lowest BCUT2D eigenvalue weighted by Gasteiger charge is -2.22. The van der Waals surface area contributed by atoms with Crippen molar-refractivity contribution in [1.82, 2.24) is 0 Å². The third kappa shape index (κ3) is 8.33. The van der Waals surface area contributed by atoms with Gasteiger partial charge in [0.05, 0.1) is 12.4 Å². The van der Waals surface area contributed by atoms with Crippen LogP contribution in [0.25, 0.3) is 0 Å². The van der Waals surface area contributed by atoms with E-state index in [1.165, 1.54) is 0 Å². The van der Waals surface area contributed by atoms with Gasteiger partial charge < -0.3 is 4.74 Å². The van der Waals surface area contributed by atoms with E-state index in [4.69, 9.17) is 5.14 Å². The first-order valence-electron chi connectivity index (χ1n) is 3.99. The van der Waals surface area contributed by atoms with Gasteiger partial charge in [0.1, 0.15) is 6.61 Å². The van der Waals surface area contributed by atoms with E-state index >= 15 is 0 Å². The summed E-state index contributed by atoms with van der Waals surface area (Å²) in [5.41, 5.74) is -0.748. The molecular weight excluding hydrogens is 216 g/mol. The molecular formula is C7H15F2NO3S. The molecule has 0 aliphatic rings. The van der Waals surface area contributed by atoms with Crippen molar-refractivity contribution in [3.05, 3.63) is 0 Å². The average Bonchev–Trinajstić information content (AvgIpc) is 1.78. The summed E-state index contributed by atoms with van der Waals surface area (Å²) >= 11 is 0. The Bertz CT molecular complexity index is 264. The molecule has 4 nitrogen and oxygen atoms in total. The first kappa shape index (κ1) is 13.7. The van der Waals surface area contributed by atoms with Gasteiger partial charge in [-0.1, -0.05) is 13.8 Å². The summed E-state index contributed by atoms with van der Waals surface area (Å²) in [5.74, 6) is -0.288. The summed E-state index contributed by atoms with van der Waals surface area (Å²) in [5, 5.41) is 4.82. The zero-order chi connectivity index (χ0) is 11.4. The van der Waals surface area contributed by atoms with Crippen LogP contribution in [0.1, 0.15) is 13.8 Å². The molecule has 0 saturated carbocycles. The maximum Gasteiger partial charge on any atom is 0.261 e. The zero-order valence-corrected chi connectivity index (χ0v) is 8.98. The minimum absolute atomic E-state index is 0.0617. The van der Waals surface area contributed by atoms with Crippen molar-refractivity contribution < 1.29 is 21.9 Å². The van der Waals surface area contributed by atoms with E-state index in [9.17, 15) is 17.2 Å². The Hall–Kier alpha value is -0.270. The Morgan fingerprint density at radius 2 is 1.93 bits per heavy atom. The van der Waals surface area contributed by atoms with Gasteiger partial charge in [-0.05, 0) is 0 Å².